The number of carbonyl (C=O) groups is 1. The molecule has 0 radical (unpaired) electrons. The molecule has 148 valence electrons. The average molecular weight is 368 g/mol. The standard InChI is InChI=1S/C20H32O6/c1-12(2)5-4-10-20(3,25)18(23)9-7-14(21)17-11-13-16(26-17)8-6-15(22)19(13)24/h5,14-15,17-18,21-23,25H,4,6-11H2,1-3H3. The Hall–Kier alpha value is -1.21. The van der Waals surface area contributed by atoms with Crippen LogP contribution < -0.4 is 0 Å². The molecule has 0 aromatic rings. The number of aliphatic hydroxyl groups excluding tert-OH is 3. The van der Waals surface area contributed by atoms with Gasteiger partial charge >= 0.3 is 0 Å². The van der Waals surface area contributed by atoms with Crippen LogP contribution in [0.15, 0.2) is 23.0 Å². The Bertz CT molecular complexity index is 573. The molecular formula is C20H32O6. The van der Waals surface area contributed by atoms with Gasteiger partial charge in [-0.1, -0.05) is 11.6 Å². The molecule has 0 bridgehead atoms. The van der Waals surface area contributed by atoms with E-state index in [4.69, 9.17) is 4.74 Å². The van der Waals surface area contributed by atoms with Gasteiger partial charge < -0.3 is 25.2 Å². The third-order valence-electron chi connectivity index (χ3n) is 5.37. The molecule has 1 aliphatic carbocycles. The second-order valence-electron chi connectivity index (χ2n) is 8.02. The maximum absolute atomic E-state index is 12.0. The molecule has 0 saturated heterocycles. The van der Waals surface area contributed by atoms with Crippen molar-refractivity contribution in [2.75, 3.05) is 0 Å². The van der Waals surface area contributed by atoms with Crippen LogP contribution in [0.25, 0.3) is 0 Å². The van der Waals surface area contributed by atoms with Gasteiger partial charge in [0.2, 0.25) is 0 Å². The first-order chi connectivity index (χ1) is 12.1. The first-order valence-electron chi connectivity index (χ1n) is 9.44. The Morgan fingerprint density at radius 1 is 1.35 bits per heavy atom. The Morgan fingerprint density at radius 3 is 2.69 bits per heavy atom. The highest BCUT2D eigenvalue weighted by Gasteiger charge is 2.39. The van der Waals surface area contributed by atoms with E-state index in [9.17, 15) is 25.2 Å². The summed E-state index contributed by atoms with van der Waals surface area (Å²) >= 11 is 0. The second kappa shape index (κ2) is 8.65. The molecule has 0 fully saturated rings. The van der Waals surface area contributed by atoms with Crippen molar-refractivity contribution in [3.63, 3.8) is 0 Å². The monoisotopic (exact) mass is 368 g/mol. The number of hydrogen-bond donors (Lipinski definition) is 4. The summed E-state index contributed by atoms with van der Waals surface area (Å²) in [5, 5.41) is 40.8. The fourth-order valence-electron chi connectivity index (χ4n) is 3.52. The lowest BCUT2D eigenvalue weighted by atomic mass is 9.88. The molecule has 6 heteroatoms. The Balaban J connectivity index is 1.81. The lowest BCUT2D eigenvalue weighted by Gasteiger charge is -2.30. The molecular weight excluding hydrogens is 336 g/mol. The van der Waals surface area contributed by atoms with Crippen LogP contribution in [0, 0.1) is 0 Å². The van der Waals surface area contributed by atoms with Crippen molar-refractivity contribution >= 4 is 5.78 Å². The maximum atomic E-state index is 12.0. The SMILES string of the molecule is CC(C)=CCCC(C)(O)C(O)CCC(O)C1CC2=C(CCC(O)C2=O)O1. The Morgan fingerprint density at radius 2 is 2.04 bits per heavy atom. The van der Waals surface area contributed by atoms with Gasteiger partial charge in [-0.15, -0.1) is 0 Å². The van der Waals surface area contributed by atoms with Crippen LogP contribution in [0.2, 0.25) is 0 Å². The summed E-state index contributed by atoms with van der Waals surface area (Å²) in [7, 11) is 0. The lowest BCUT2D eigenvalue weighted by molar-refractivity contribution is -0.124. The number of ketones is 1. The van der Waals surface area contributed by atoms with Crippen molar-refractivity contribution < 1.29 is 30.0 Å². The molecule has 0 amide bonds. The largest absolute Gasteiger partial charge is 0.491 e. The van der Waals surface area contributed by atoms with E-state index in [2.05, 4.69) is 0 Å². The minimum absolute atomic E-state index is 0.240. The molecule has 2 rings (SSSR count). The molecule has 0 aromatic carbocycles. The minimum atomic E-state index is -1.22. The maximum Gasteiger partial charge on any atom is 0.190 e. The van der Waals surface area contributed by atoms with Crippen molar-refractivity contribution in [3.8, 4) is 0 Å². The molecule has 1 aliphatic heterocycles. The number of ether oxygens (including phenoxy) is 1. The van der Waals surface area contributed by atoms with Crippen LogP contribution in [-0.2, 0) is 9.53 Å². The first kappa shape index (κ1) is 21.1. The molecule has 6 nitrogen and oxygen atoms in total. The lowest BCUT2D eigenvalue weighted by Crippen LogP contribution is -2.40. The van der Waals surface area contributed by atoms with Crippen molar-refractivity contribution in [2.24, 2.45) is 0 Å². The van der Waals surface area contributed by atoms with Gasteiger partial charge in [0.15, 0.2) is 5.78 Å². The normalized spacial score (nSPS) is 27.4. The van der Waals surface area contributed by atoms with Gasteiger partial charge in [-0.05, 0) is 52.9 Å². The summed E-state index contributed by atoms with van der Waals surface area (Å²) in [6.45, 7) is 5.58. The van der Waals surface area contributed by atoms with Crippen LogP contribution >= 0.6 is 0 Å². The van der Waals surface area contributed by atoms with Crippen LogP contribution in [0.1, 0.15) is 65.7 Å². The van der Waals surface area contributed by atoms with Gasteiger partial charge in [0.05, 0.1) is 17.8 Å². The topological polar surface area (TPSA) is 107 Å². The van der Waals surface area contributed by atoms with E-state index in [1.54, 1.807) is 6.92 Å². The number of rotatable bonds is 8. The summed E-state index contributed by atoms with van der Waals surface area (Å²) in [4.78, 5) is 12.0. The number of aliphatic hydroxyl groups is 4. The number of carbonyl (C=O) groups excluding carboxylic acids is 1. The molecule has 26 heavy (non-hydrogen) atoms. The summed E-state index contributed by atoms with van der Waals surface area (Å²) in [6.07, 6.45) is 1.52. The van der Waals surface area contributed by atoms with Crippen molar-refractivity contribution in [3.05, 3.63) is 23.0 Å². The quantitative estimate of drug-likeness (QED) is 0.486. The molecule has 2 aliphatic rings. The minimum Gasteiger partial charge on any atom is -0.491 e. The van der Waals surface area contributed by atoms with E-state index in [-0.39, 0.29) is 18.6 Å². The van der Waals surface area contributed by atoms with Crippen LogP contribution in [0.5, 0.6) is 0 Å². The Labute approximate surface area is 155 Å². The van der Waals surface area contributed by atoms with Gasteiger partial charge in [0.1, 0.15) is 18.0 Å². The zero-order valence-electron chi connectivity index (χ0n) is 15.9. The van der Waals surface area contributed by atoms with Crippen LogP contribution in [-0.4, -0.2) is 56.2 Å². The number of allylic oxidation sites excluding steroid dienone is 3. The molecule has 5 unspecified atom stereocenters. The van der Waals surface area contributed by atoms with Crippen molar-refractivity contribution in [2.45, 2.75) is 95.7 Å². The van der Waals surface area contributed by atoms with Gasteiger partial charge in [-0.3, -0.25) is 4.79 Å². The zero-order chi connectivity index (χ0) is 19.5. The predicted molar refractivity (Wildman–Crippen MR) is 97.3 cm³/mol. The summed E-state index contributed by atoms with van der Waals surface area (Å²) in [5.74, 6) is 0.279. The third-order valence-corrected chi connectivity index (χ3v) is 5.37. The van der Waals surface area contributed by atoms with Crippen LogP contribution in [0.4, 0.5) is 0 Å². The molecule has 0 aromatic heterocycles. The third kappa shape index (κ3) is 5.16. The zero-order valence-corrected chi connectivity index (χ0v) is 15.9. The number of hydrogen-bond acceptors (Lipinski definition) is 6. The summed E-state index contributed by atoms with van der Waals surface area (Å²) in [6, 6.07) is 0. The van der Waals surface area contributed by atoms with E-state index in [0.29, 0.717) is 43.4 Å². The second-order valence-corrected chi connectivity index (χ2v) is 8.02. The highest BCUT2D eigenvalue weighted by atomic mass is 16.5. The fourth-order valence-corrected chi connectivity index (χ4v) is 3.52. The summed E-state index contributed by atoms with van der Waals surface area (Å²) in [5.41, 5.74) is 0.432. The molecule has 1 heterocycles. The van der Waals surface area contributed by atoms with Gasteiger partial charge in [0, 0.05) is 18.4 Å². The molecule has 4 N–H and O–H groups in total. The molecule has 0 saturated carbocycles. The van der Waals surface area contributed by atoms with E-state index >= 15 is 0 Å². The number of Topliss-reactive ketones (excluding diaryl/α,β-unsaturated/α-hetero) is 1. The average Bonchev–Trinajstić information content (AvgIpc) is 3.00. The van der Waals surface area contributed by atoms with E-state index in [1.165, 1.54) is 5.57 Å². The van der Waals surface area contributed by atoms with Crippen molar-refractivity contribution in [1.29, 1.82) is 0 Å². The van der Waals surface area contributed by atoms with Gasteiger partial charge in [-0.25, -0.2) is 0 Å². The molecule has 0 spiro atoms. The van der Waals surface area contributed by atoms with E-state index in [0.717, 1.165) is 0 Å². The summed E-state index contributed by atoms with van der Waals surface area (Å²) < 4.78 is 5.70. The van der Waals surface area contributed by atoms with Crippen molar-refractivity contribution in [1.82, 2.24) is 0 Å². The van der Waals surface area contributed by atoms with Gasteiger partial charge in [-0.2, -0.15) is 0 Å². The van der Waals surface area contributed by atoms with Gasteiger partial charge in [0.25, 0.3) is 0 Å². The first-order valence-corrected chi connectivity index (χ1v) is 9.44. The van der Waals surface area contributed by atoms with E-state index < -0.39 is 30.0 Å². The van der Waals surface area contributed by atoms with E-state index in [1.807, 2.05) is 19.9 Å². The van der Waals surface area contributed by atoms with Crippen LogP contribution in [0.3, 0.4) is 0 Å². The highest BCUT2D eigenvalue weighted by Crippen LogP contribution is 2.36. The predicted octanol–water partition coefficient (Wildman–Crippen LogP) is 1.75. The Kier molecular flexibility index (Phi) is 7.02. The fraction of sp³-hybridized carbons (Fsp3) is 0.750. The molecule has 5 atom stereocenters. The highest BCUT2D eigenvalue weighted by molar-refractivity contribution is 6.00. The smallest absolute Gasteiger partial charge is 0.190 e.